The molecule has 16 heavy (non-hydrogen) atoms. The Kier molecular flexibility index (Phi) is 4.74. The zero-order valence-electron chi connectivity index (χ0n) is 8.99. The van der Waals surface area contributed by atoms with Crippen molar-refractivity contribution in [2.24, 2.45) is 5.73 Å². The third-order valence-corrected chi connectivity index (χ3v) is 1.85. The summed E-state index contributed by atoms with van der Waals surface area (Å²) in [5.74, 6) is -1.03. The van der Waals surface area contributed by atoms with Gasteiger partial charge in [-0.2, -0.15) is 0 Å². The first-order valence-corrected chi connectivity index (χ1v) is 4.77. The highest BCUT2D eigenvalue weighted by Crippen LogP contribution is 2.05. The number of hydrogen-bond acceptors (Lipinski definition) is 6. The second-order valence-electron chi connectivity index (χ2n) is 3.02. The summed E-state index contributed by atoms with van der Waals surface area (Å²) in [6.45, 7) is 1.08. The van der Waals surface area contributed by atoms with Crippen molar-refractivity contribution in [3.63, 3.8) is 0 Å². The van der Waals surface area contributed by atoms with E-state index in [-0.39, 0.29) is 18.1 Å². The molecule has 0 unspecified atom stereocenters. The van der Waals surface area contributed by atoms with Crippen LogP contribution in [0.5, 0.6) is 0 Å². The Bertz CT molecular complexity index is 297. The van der Waals surface area contributed by atoms with Crippen molar-refractivity contribution >= 4 is 11.8 Å². The lowest BCUT2D eigenvalue weighted by Gasteiger charge is -2.12. The van der Waals surface area contributed by atoms with Crippen molar-refractivity contribution < 1.29 is 19.0 Å². The van der Waals surface area contributed by atoms with Crippen LogP contribution in [0.3, 0.4) is 0 Å². The largest absolute Gasteiger partial charge is 0.472 e. The quantitative estimate of drug-likeness (QED) is 0.316. The van der Waals surface area contributed by atoms with Crippen LogP contribution in [0.1, 0.15) is 0 Å². The zero-order chi connectivity index (χ0) is 12.0. The van der Waals surface area contributed by atoms with Crippen LogP contribution < -0.4 is 11.1 Å². The molecular formula is C9H15N3O4. The van der Waals surface area contributed by atoms with Gasteiger partial charge in [0, 0.05) is 13.2 Å². The predicted octanol–water partition coefficient (Wildman–Crippen LogP) is -1.06. The first kappa shape index (κ1) is 12.5. The number of nitrogens with two attached hydrogens (primary N) is 1. The van der Waals surface area contributed by atoms with Gasteiger partial charge in [0.25, 0.3) is 5.91 Å². The molecule has 1 amide bonds. The first-order valence-electron chi connectivity index (χ1n) is 4.77. The molecule has 0 saturated carbocycles. The lowest BCUT2D eigenvalue weighted by atomic mass is 10.3. The number of rotatable bonds is 5. The van der Waals surface area contributed by atoms with Gasteiger partial charge < -0.3 is 25.3 Å². The molecule has 0 aliphatic carbocycles. The molecule has 1 fully saturated rings. The topological polar surface area (TPSA) is 107 Å². The highest BCUT2D eigenvalue weighted by molar-refractivity contribution is 6.16. The minimum atomic E-state index is -0.729. The van der Waals surface area contributed by atoms with E-state index in [2.05, 4.69) is 5.32 Å². The van der Waals surface area contributed by atoms with Gasteiger partial charge >= 0.3 is 0 Å². The Morgan fingerprint density at radius 2 is 2.25 bits per heavy atom. The molecule has 1 saturated heterocycles. The Hall–Kier alpha value is -1.60. The molecule has 7 nitrogen and oxygen atoms in total. The van der Waals surface area contributed by atoms with Crippen LogP contribution in [0.15, 0.2) is 11.8 Å². The Morgan fingerprint density at radius 1 is 1.62 bits per heavy atom. The lowest BCUT2D eigenvalue weighted by Crippen LogP contribution is -2.26. The molecular weight excluding hydrogens is 214 g/mol. The monoisotopic (exact) mass is 229 g/mol. The van der Waals surface area contributed by atoms with E-state index in [0.29, 0.717) is 13.2 Å². The van der Waals surface area contributed by atoms with Crippen LogP contribution >= 0.6 is 0 Å². The number of hydrogen-bond donors (Lipinski definition) is 3. The fourth-order valence-electron chi connectivity index (χ4n) is 1.13. The Labute approximate surface area is 93.0 Å². The maximum atomic E-state index is 11.0. The van der Waals surface area contributed by atoms with E-state index in [9.17, 15) is 4.79 Å². The van der Waals surface area contributed by atoms with Crippen LogP contribution in [0.2, 0.25) is 0 Å². The van der Waals surface area contributed by atoms with Crippen molar-refractivity contribution in [1.82, 2.24) is 5.32 Å². The van der Waals surface area contributed by atoms with Gasteiger partial charge in [0.15, 0.2) is 6.29 Å². The number of nitrogens with one attached hydrogen (secondary N) is 2. The smallest absolute Gasteiger partial charge is 0.255 e. The molecule has 1 aliphatic rings. The van der Waals surface area contributed by atoms with Crippen LogP contribution in [0, 0.1) is 5.41 Å². The number of ether oxygens (including phenoxy) is 3. The maximum Gasteiger partial charge on any atom is 0.255 e. The van der Waals surface area contributed by atoms with Gasteiger partial charge in [-0.15, -0.1) is 0 Å². The molecule has 0 aromatic heterocycles. The number of carbonyl (C=O) groups excluding carboxylic acids is 1. The third-order valence-electron chi connectivity index (χ3n) is 1.85. The summed E-state index contributed by atoms with van der Waals surface area (Å²) in [6, 6.07) is 0. The molecule has 0 radical (unpaired) electrons. The maximum absolute atomic E-state index is 11.0. The van der Waals surface area contributed by atoms with Crippen LogP contribution in [-0.2, 0) is 19.0 Å². The highest BCUT2D eigenvalue weighted by atomic mass is 16.7. The number of carbonyl (C=O) groups is 1. The summed E-state index contributed by atoms with van der Waals surface area (Å²) in [7, 11) is 1.60. The van der Waals surface area contributed by atoms with Gasteiger partial charge in [-0.1, -0.05) is 0 Å². The van der Waals surface area contributed by atoms with Crippen molar-refractivity contribution in [1.29, 1.82) is 5.41 Å². The van der Waals surface area contributed by atoms with Crippen LogP contribution in [0.25, 0.3) is 0 Å². The van der Waals surface area contributed by atoms with E-state index in [1.807, 2.05) is 0 Å². The first-order chi connectivity index (χ1) is 7.65. The predicted molar refractivity (Wildman–Crippen MR) is 55.7 cm³/mol. The average Bonchev–Trinajstić information content (AvgIpc) is 2.75. The lowest BCUT2D eigenvalue weighted by molar-refractivity contribution is -0.114. The fraction of sp³-hybridized carbons (Fsp3) is 0.556. The number of amides is 1. The van der Waals surface area contributed by atoms with Crippen molar-refractivity contribution in [2.75, 3.05) is 26.9 Å². The van der Waals surface area contributed by atoms with Crippen LogP contribution in [0.4, 0.5) is 0 Å². The molecule has 1 heterocycles. The van der Waals surface area contributed by atoms with E-state index in [4.69, 9.17) is 25.4 Å². The molecule has 90 valence electrons. The molecule has 0 aromatic carbocycles. The van der Waals surface area contributed by atoms with Gasteiger partial charge in [-0.3, -0.25) is 10.2 Å². The van der Waals surface area contributed by atoms with Crippen LogP contribution in [-0.4, -0.2) is 45.0 Å². The minimum absolute atomic E-state index is 0.0273. The SMILES string of the molecule is CN/C=C(\C(=N)OCC1OCCO1)C(N)=O. The van der Waals surface area contributed by atoms with E-state index in [1.165, 1.54) is 6.20 Å². The second kappa shape index (κ2) is 6.09. The summed E-state index contributed by atoms with van der Waals surface area (Å²) in [4.78, 5) is 11.0. The Balaban J connectivity index is 2.42. The van der Waals surface area contributed by atoms with Gasteiger partial charge in [0.05, 0.1) is 13.2 Å². The molecule has 0 spiro atoms. The van der Waals surface area contributed by atoms with E-state index in [0.717, 1.165) is 0 Å². The van der Waals surface area contributed by atoms with E-state index in [1.54, 1.807) is 7.05 Å². The Morgan fingerprint density at radius 3 is 2.75 bits per heavy atom. The standard InChI is InChI=1S/C9H15N3O4/c1-12-4-6(8(10)13)9(11)16-5-7-14-2-3-15-7/h4,7,11-12H,2-3,5H2,1H3,(H2,10,13)/b6-4-,11-9?. The summed E-state index contributed by atoms with van der Waals surface area (Å²) >= 11 is 0. The summed E-state index contributed by atoms with van der Waals surface area (Å²) < 4.78 is 15.2. The molecule has 0 bridgehead atoms. The average molecular weight is 229 g/mol. The van der Waals surface area contributed by atoms with Crippen molar-refractivity contribution in [3.8, 4) is 0 Å². The molecule has 1 aliphatic heterocycles. The fourth-order valence-corrected chi connectivity index (χ4v) is 1.13. The summed E-state index contributed by atoms with van der Waals surface area (Å²) in [5.41, 5.74) is 5.05. The molecule has 1 rings (SSSR count). The minimum Gasteiger partial charge on any atom is -0.472 e. The summed E-state index contributed by atoms with van der Waals surface area (Å²) in [6.07, 6.45) is 0.824. The van der Waals surface area contributed by atoms with E-state index < -0.39 is 12.2 Å². The zero-order valence-corrected chi connectivity index (χ0v) is 8.99. The highest BCUT2D eigenvalue weighted by Gasteiger charge is 2.19. The van der Waals surface area contributed by atoms with Gasteiger partial charge in [0.1, 0.15) is 12.2 Å². The molecule has 7 heteroatoms. The van der Waals surface area contributed by atoms with Gasteiger partial charge in [0.2, 0.25) is 5.90 Å². The number of primary amides is 1. The third kappa shape index (κ3) is 3.52. The van der Waals surface area contributed by atoms with Gasteiger partial charge in [-0.25, -0.2) is 0 Å². The molecule has 0 aromatic rings. The molecule has 4 N–H and O–H groups in total. The second-order valence-corrected chi connectivity index (χ2v) is 3.02. The summed E-state index contributed by atoms with van der Waals surface area (Å²) in [5, 5.41) is 10.1. The normalized spacial score (nSPS) is 17.2. The van der Waals surface area contributed by atoms with E-state index >= 15 is 0 Å². The van der Waals surface area contributed by atoms with Gasteiger partial charge in [-0.05, 0) is 0 Å². The molecule has 0 atom stereocenters. The van der Waals surface area contributed by atoms with Crippen molar-refractivity contribution in [2.45, 2.75) is 6.29 Å². The van der Waals surface area contributed by atoms with Crippen molar-refractivity contribution in [3.05, 3.63) is 11.8 Å².